The van der Waals surface area contributed by atoms with Gasteiger partial charge in [0.2, 0.25) is 0 Å². The highest BCUT2D eigenvalue weighted by Crippen LogP contribution is 2.44. The second-order valence-corrected chi connectivity index (χ2v) is 7.70. The molecule has 0 spiro atoms. The van der Waals surface area contributed by atoms with Gasteiger partial charge in [0.1, 0.15) is 6.61 Å². The van der Waals surface area contributed by atoms with E-state index in [9.17, 15) is 14.7 Å². The molecule has 6 heteroatoms. The Kier molecular flexibility index (Phi) is 5.11. The van der Waals surface area contributed by atoms with E-state index in [0.717, 1.165) is 11.1 Å². The lowest BCUT2D eigenvalue weighted by atomic mass is 9.66. The van der Waals surface area contributed by atoms with E-state index in [2.05, 4.69) is 30.6 Å². The number of carbonyl (C=O) groups is 1. The molecule has 3 rings (SSSR count). The molecule has 3 N–H and O–H groups in total. The van der Waals surface area contributed by atoms with E-state index in [-0.39, 0.29) is 18.6 Å². The molecule has 0 saturated carbocycles. The van der Waals surface area contributed by atoms with Crippen LogP contribution in [0, 0.1) is 5.92 Å². The van der Waals surface area contributed by atoms with Crippen LogP contribution in [0.25, 0.3) is 0 Å². The molecule has 1 aliphatic carbocycles. The van der Waals surface area contributed by atoms with Gasteiger partial charge in [0.25, 0.3) is 5.56 Å². The largest absolute Gasteiger partial charge is 0.461 e. The van der Waals surface area contributed by atoms with Crippen LogP contribution < -0.4 is 5.56 Å². The summed E-state index contributed by atoms with van der Waals surface area (Å²) in [6.07, 6.45) is 1.64. The van der Waals surface area contributed by atoms with Crippen molar-refractivity contribution in [1.29, 1.82) is 0 Å². The first kappa shape index (κ1) is 19.2. The number of hydrogen-bond donors (Lipinski definition) is 3. The van der Waals surface area contributed by atoms with Crippen LogP contribution in [0.4, 0.5) is 0 Å². The summed E-state index contributed by atoms with van der Waals surface area (Å²) in [5.41, 5.74) is 1.43. The van der Waals surface area contributed by atoms with Crippen molar-refractivity contribution in [2.45, 2.75) is 44.6 Å². The van der Waals surface area contributed by atoms with E-state index in [4.69, 9.17) is 4.74 Å². The normalized spacial score (nSPS) is 24.5. The summed E-state index contributed by atoms with van der Waals surface area (Å²) in [6.45, 7) is 9.43. The maximum absolute atomic E-state index is 12.8. The first-order valence-corrected chi connectivity index (χ1v) is 9.15. The van der Waals surface area contributed by atoms with Gasteiger partial charge in [-0.3, -0.25) is 14.7 Å². The standard InChI is InChI=1S/C21H26N2O4/c1-5-10-27-20(25)18-16(14-8-6-13(7-9-14)12(2)3)17-15(11-21(18,4)26)22-23-19(17)24/h5-9,12,16,18,26H,1,10-11H2,2-4H3,(H2,22,23,24)/t16-,18-,21+/m0/s1. The van der Waals surface area contributed by atoms with Crippen LogP contribution in [-0.4, -0.2) is 33.5 Å². The Labute approximate surface area is 158 Å². The summed E-state index contributed by atoms with van der Waals surface area (Å²) in [4.78, 5) is 25.3. The third-order valence-electron chi connectivity index (χ3n) is 5.31. The zero-order valence-electron chi connectivity index (χ0n) is 15.9. The van der Waals surface area contributed by atoms with Crippen molar-refractivity contribution >= 4 is 5.97 Å². The average molecular weight is 370 g/mol. The van der Waals surface area contributed by atoms with Crippen LogP contribution in [-0.2, 0) is 16.0 Å². The second-order valence-electron chi connectivity index (χ2n) is 7.70. The van der Waals surface area contributed by atoms with Gasteiger partial charge >= 0.3 is 5.97 Å². The fourth-order valence-corrected chi connectivity index (χ4v) is 3.93. The molecule has 0 radical (unpaired) electrons. The van der Waals surface area contributed by atoms with Gasteiger partial charge in [-0.05, 0) is 24.0 Å². The lowest BCUT2D eigenvalue weighted by molar-refractivity contribution is -0.158. The molecule has 0 aliphatic heterocycles. The van der Waals surface area contributed by atoms with Gasteiger partial charge in [-0.1, -0.05) is 50.8 Å². The Bertz CT molecular complexity index is 890. The monoisotopic (exact) mass is 370 g/mol. The Morgan fingerprint density at radius 2 is 2.04 bits per heavy atom. The minimum Gasteiger partial charge on any atom is -0.461 e. The van der Waals surface area contributed by atoms with E-state index in [1.807, 2.05) is 24.3 Å². The number of aromatic amines is 2. The zero-order valence-corrected chi connectivity index (χ0v) is 15.9. The molecular formula is C21H26N2O4. The molecule has 0 bridgehead atoms. The van der Waals surface area contributed by atoms with Gasteiger partial charge in [-0.2, -0.15) is 0 Å². The smallest absolute Gasteiger partial charge is 0.313 e. The summed E-state index contributed by atoms with van der Waals surface area (Å²) in [5, 5.41) is 16.5. The maximum Gasteiger partial charge on any atom is 0.313 e. The van der Waals surface area contributed by atoms with Crippen LogP contribution >= 0.6 is 0 Å². The number of hydrogen-bond acceptors (Lipinski definition) is 4. The van der Waals surface area contributed by atoms with Crippen molar-refractivity contribution in [3.63, 3.8) is 0 Å². The minimum absolute atomic E-state index is 0.0563. The Hall–Kier alpha value is -2.60. The molecule has 27 heavy (non-hydrogen) atoms. The van der Waals surface area contributed by atoms with Gasteiger partial charge < -0.3 is 14.9 Å². The number of nitrogens with one attached hydrogen (secondary N) is 2. The summed E-state index contributed by atoms with van der Waals surface area (Å²) in [6, 6.07) is 7.84. The summed E-state index contributed by atoms with van der Waals surface area (Å²) < 4.78 is 5.27. The van der Waals surface area contributed by atoms with Gasteiger partial charge in [-0.25, -0.2) is 0 Å². The van der Waals surface area contributed by atoms with E-state index >= 15 is 0 Å². The van der Waals surface area contributed by atoms with Gasteiger partial charge in [-0.15, -0.1) is 0 Å². The highest BCUT2D eigenvalue weighted by atomic mass is 16.5. The fraction of sp³-hybridized carbons (Fsp3) is 0.429. The number of rotatable bonds is 5. The van der Waals surface area contributed by atoms with Crippen molar-refractivity contribution in [2.24, 2.45) is 5.92 Å². The Morgan fingerprint density at radius 3 is 2.63 bits per heavy atom. The maximum atomic E-state index is 12.8. The van der Waals surface area contributed by atoms with Crippen LogP contribution in [0.2, 0.25) is 0 Å². The van der Waals surface area contributed by atoms with Crippen LogP contribution in [0.3, 0.4) is 0 Å². The summed E-state index contributed by atoms with van der Waals surface area (Å²) in [7, 11) is 0. The van der Waals surface area contributed by atoms with Crippen LogP contribution in [0.15, 0.2) is 41.7 Å². The molecule has 1 aromatic heterocycles. The third-order valence-corrected chi connectivity index (χ3v) is 5.31. The molecule has 1 aliphatic rings. The molecule has 6 nitrogen and oxygen atoms in total. The van der Waals surface area contributed by atoms with Crippen molar-refractivity contribution < 1.29 is 14.6 Å². The number of aromatic nitrogens is 2. The van der Waals surface area contributed by atoms with E-state index in [1.54, 1.807) is 6.92 Å². The van der Waals surface area contributed by atoms with Gasteiger partial charge in [0, 0.05) is 23.6 Å². The zero-order chi connectivity index (χ0) is 19.8. The molecule has 1 heterocycles. The summed E-state index contributed by atoms with van der Waals surface area (Å²) >= 11 is 0. The molecule has 0 saturated heterocycles. The highest BCUT2D eigenvalue weighted by molar-refractivity contribution is 5.77. The lowest BCUT2D eigenvalue weighted by Crippen LogP contribution is -2.50. The number of benzene rings is 1. The van der Waals surface area contributed by atoms with E-state index in [1.165, 1.54) is 6.08 Å². The SMILES string of the molecule is C=CCOC(=O)[C@@H]1[C@@H](c2ccc(C(C)C)cc2)c2c([nH][nH]c2=O)C[C@@]1(C)O. The van der Waals surface area contributed by atoms with Crippen molar-refractivity contribution in [3.05, 3.63) is 69.7 Å². The molecule has 144 valence electrons. The number of carbonyl (C=O) groups excluding carboxylic acids is 1. The summed E-state index contributed by atoms with van der Waals surface area (Å²) in [5.74, 6) is -1.67. The predicted octanol–water partition coefficient (Wildman–Crippen LogP) is 2.61. The molecule has 3 atom stereocenters. The predicted molar refractivity (Wildman–Crippen MR) is 103 cm³/mol. The van der Waals surface area contributed by atoms with Crippen molar-refractivity contribution in [1.82, 2.24) is 10.2 Å². The number of esters is 1. The van der Waals surface area contributed by atoms with Gasteiger partial charge in [0.15, 0.2) is 0 Å². The van der Waals surface area contributed by atoms with Crippen molar-refractivity contribution in [2.75, 3.05) is 6.61 Å². The third kappa shape index (κ3) is 3.49. The lowest BCUT2D eigenvalue weighted by Gasteiger charge is -2.40. The average Bonchev–Trinajstić information content (AvgIpc) is 2.97. The van der Waals surface area contributed by atoms with Gasteiger partial charge in [0.05, 0.1) is 11.5 Å². The van der Waals surface area contributed by atoms with Crippen molar-refractivity contribution in [3.8, 4) is 0 Å². The molecule has 0 amide bonds. The molecule has 0 unspecified atom stereocenters. The number of fused-ring (bicyclic) bond motifs is 1. The molecule has 0 fully saturated rings. The number of aliphatic hydroxyl groups is 1. The first-order chi connectivity index (χ1) is 12.8. The molecule has 2 aromatic rings. The Morgan fingerprint density at radius 1 is 1.37 bits per heavy atom. The highest BCUT2D eigenvalue weighted by Gasteiger charge is 2.51. The second kappa shape index (κ2) is 7.19. The quantitative estimate of drug-likeness (QED) is 0.557. The van der Waals surface area contributed by atoms with E-state index < -0.39 is 23.4 Å². The van der Waals surface area contributed by atoms with Crippen LogP contribution in [0.1, 0.15) is 55.0 Å². The molecule has 1 aromatic carbocycles. The molecular weight excluding hydrogens is 344 g/mol. The topological polar surface area (TPSA) is 95.2 Å². The Balaban J connectivity index is 2.14. The number of ether oxygens (including phenoxy) is 1. The van der Waals surface area contributed by atoms with E-state index in [0.29, 0.717) is 17.2 Å². The number of H-pyrrole nitrogens is 2. The first-order valence-electron chi connectivity index (χ1n) is 9.15. The fourth-order valence-electron chi connectivity index (χ4n) is 3.93. The minimum atomic E-state index is -1.36. The van der Waals surface area contributed by atoms with Crippen LogP contribution in [0.5, 0.6) is 0 Å².